The van der Waals surface area contributed by atoms with E-state index in [0.717, 1.165) is 0 Å². The van der Waals surface area contributed by atoms with E-state index in [1.165, 1.54) is 10.6 Å². The number of rotatable bonds is 3. The van der Waals surface area contributed by atoms with E-state index in [2.05, 4.69) is 4.98 Å². The van der Waals surface area contributed by atoms with Gasteiger partial charge in [0.1, 0.15) is 11.8 Å². The summed E-state index contributed by atoms with van der Waals surface area (Å²) in [6, 6.07) is 5.20. The van der Waals surface area contributed by atoms with Gasteiger partial charge < -0.3 is 19.7 Å². The molecular weight excluding hydrogens is 212 g/mol. The standard InChI is InChI=1S/C10H10N2O4/c13-8(9(14)10(15)16)6-5-11-7-3-1-2-4-12(6)7/h1-5,8-9,13-14H,(H,15,16). The average Bonchev–Trinajstić information content (AvgIpc) is 2.70. The highest BCUT2D eigenvalue weighted by Crippen LogP contribution is 2.18. The van der Waals surface area contributed by atoms with Crippen LogP contribution >= 0.6 is 0 Å². The van der Waals surface area contributed by atoms with Crippen molar-refractivity contribution in [3.63, 3.8) is 0 Å². The number of hydrogen-bond donors (Lipinski definition) is 3. The van der Waals surface area contributed by atoms with Gasteiger partial charge >= 0.3 is 5.97 Å². The first kappa shape index (κ1) is 10.6. The number of imidazole rings is 1. The summed E-state index contributed by atoms with van der Waals surface area (Å²) < 4.78 is 1.52. The molecule has 0 spiro atoms. The number of carboxylic acids is 1. The van der Waals surface area contributed by atoms with Crippen LogP contribution in [0.2, 0.25) is 0 Å². The van der Waals surface area contributed by atoms with Gasteiger partial charge in [-0.1, -0.05) is 6.07 Å². The molecule has 2 unspecified atom stereocenters. The molecule has 2 atom stereocenters. The Hall–Kier alpha value is -1.92. The van der Waals surface area contributed by atoms with Crippen molar-refractivity contribution in [2.75, 3.05) is 0 Å². The largest absolute Gasteiger partial charge is 0.479 e. The molecule has 0 aromatic carbocycles. The molecule has 2 heterocycles. The second kappa shape index (κ2) is 3.92. The molecule has 6 nitrogen and oxygen atoms in total. The van der Waals surface area contributed by atoms with Gasteiger partial charge in [0.25, 0.3) is 0 Å². The number of nitrogens with zero attached hydrogens (tertiary/aromatic N) is 2. The van der Waals surface area contributed by atoms with E-state index in [9.17, 15) is 15.0 Å². The lowest BCUT2D eigenvalue weighted by Gasteiger charge is -2.13. The number of aliphatic hydroxyl groups is 2. The van der Waals surface area contributed by atoms with Crippen LogP contribution in [0.3, 0.4) is 0 Å². The molecule has 0 saturated carbocycles. The summed E-state index contributed by atoms with van der Waals surface area (Å²) in [6.07, 6.45) is -0.392. The Labute approximate surface area is 90.4 Å². The van der Waals surface area contributed by atoms with Crippen molar-refractivity contribution in [2.24, 2.45) is 0 Å². The number of fused-ring (bicyclic) bond motifs is 1. The van der Waals surface area contributed by atoms with Gasteiger partial charge in [-0.15, -0.1) is 0 Å². The topological polar surface area (TPSA) is 95.1 Å². The highest BCUT2D eigenvalue weighted by Gasteiger charge is 2.27. The highest BCUT2D eigenvalue weighted by atomic mass is 16.4. The van der Waals surface area contributed by atoms with Crippen molar-refractivity contribution < 1.29 is 20.1 Å². The van der Waals surface area contributed by atoms with E-state index in [1.807, 2.05) is 0 Å². The fraction of sp³-hybridized carbons (Fsp3) is 0.200. The first-order chi connectivity index (χ1) is 7.61. The maximum atomic E-state index is 10.5. The molecule has 0 amide bonds. The molecule has 0 aliphatic rings. The Kier molecular flexibility index (Phi) is 2.59. The first-order valence-corrected chi connectivity index (χ1v) is 4.62. The Bertz CT molecular complexity index is 522. The van der Waals surface area contributed by atoms with Gasteiger partial charge in [0.15, 0.2) is 6.10 Å². The molecule has 0 aliphatic heterocycles. The third-order valence-electron chi connectivity index (χ3n) is 2.30. The number of pyridine rings is 1. The Morgan fingerprint density at radius 3 is 2.81 bits per heavy atom. The molecule has 0 radical (unpaired) electrons. The normalized spacial score (nSPS) is 14.9. The van der Waals surface area contributed by atoms with E-state index in [-0.39, 0.29) is 5.69 Å². The second-order valence-corrected chi connectivity index (χ2v) is 3.34. The number of carbonyl (C=O) groups is 1. The molecule has 0 fully saturated rings. The zero-order valence-corrected chi connectivity index (χ0v) is 8.19. The number of carboxylic acid groups (broad SMARTS) is 1. The predicted octanol–water partition coefficient (Wildman–Crippen LogP) is -0.187. The van der Waals surface area contributed by atoms with Crippen molar-refractivity contribution in [3.8, 4) is 0 Å². The fourth-order valence-corrected chi connectivity index (χ4v) is 1.47. The Morgan fingerprint density at radius 2 is 2.12 bits per heavy atom. The Balaban J connectivity index is 2.44. The van der Waals surface area contributed by atoms with Crippen molar-refractivity contribution >= 4 is 11.6 Å². The summed E-state index contributed by atoms with van der Waals surface area (Å²) in [5, 5.41) is 27.5. The second-order valence-electron chi connectivity index (χ2n) is 3.34. The van der Waals surface area contributed by atoms with Gasteiger partial charge in [-0.3, -0.25) is 0 Å². The molecular formula is C10H10N2O4. The van der Waals surface area contributed by atoms with Crippen LogP contribution in [-0.2, 0) is 4.79 Å². The van der Waals surface area contributed by atoms with Crippen LogP contribution in [0.5, 0.6) is 0 Å². The average molecular weight is 222 g/mol. The molecule has 2 rings (SSSR count). The first-order valence-electron chi connectivity index (χ1n) is 4.62. The molecule has 84 valence electrons. The van der Waals surface area contributed by atoms with E-state index in [0.29, 0.717) is 5.65 Å². The minimum Gasteiger partial charge on any atom is -0.479 e. The molecule has 6 heteroatoms. The van der Waals surface area contributed by atoms with Gasteiger partial charge in [-0.2, -0.15) is 0 Å². The van der Waals surface area contributed by atoms with Crippen LogP contribution < -0.4 is 0 Å². The Morgan fingerprint density at radius 1 is 1.38 bits per heavy atom. The van der Waals surface area contributed by atoms with Crippen molar-refractivity contribution in [2.45, 2.75) is 12.2 Å². The van der Waals surface area contributed by atoms with E-state index < -0.39 is 18.2 Å². The summed E-state index contributed by atoms with van der Waals surface area (Å²) in [5.41, 5.74) is 0.819. The lowest BCUT2D eigenvalue weighted by molar-refractivity contribution is -0.153. The minimum atomic E-state index is -1.86. The maximum absolute atomic E-state index is 10.5. The van der Waals surface area contributed by atoms with Crippen LogP contribution in [0.4, 0.5) is 0 Å². The quantitative estimate of drug-likeness (QED) is 0.669. The molecule has 0 aliphatic carbocycles. The fourth-order valence-electron chi connectivity index (χ4n) is 1.47. The molecule has 0 saturated heterocycles. The number of hydrogen-bond acceptors (Lipinski definition) is 4. The molecule has 16 heavy (non-hydrogen) atoms. The summed E-state index contributed by atoms with van der Waals surface area (Å²) in [5.74, 6) is -1.47. The van der Waals surface area contributed by atoms with E-state index >= 15 is 0 Å². The number of aliphatic carboxylic acids is 1. The summed E-state index contributed by atoms with van der Waals surface area (Å²) in [4.78, 5) is 14.5. The van der Waals surface area contributed by atoms with Gasteiger partial charge in [-0.25, -0.2) is 9.78 Å². The molecule has 3 N–H and O–H groups in total. The van der Waals surface area contributed by atoms with E-state index in [4.69, 9.17) is 5.11 Å². The summed E-state index contributed by atoms with van der Waals surface area (Å²) in [7, 11) is 0. The monoisotopic (exact) mass is 222 g/mol. The maximum Gasteiger partial charge on any atom is 0.335 e. The van der Waals surface area contributed by atoms with Gasteiger partial charge in [0.2, 0.25) is 0 Å². The highest BCUT2D eigenvalue weighted by molar-refractivity contribution is 5.73. The SMILES string of the molecule is O=C(O)C(O)C(O)c1cnc2ccccn12. The van der Waals surface area contributed by atoms with Crippen LogP contribution in [0.25, 0.3) is 5.65 Å². The zero-order chi connectivity index (χ0) is 11.7. The lowest BCUT2D eigenvalue weighted by Crippen LogP contribution is -2.28. The van der Waals surface area contributed by atoms with Crippen molar-refractivity contribution in [3.05, 3.63) is 36.3 Å². The summed E-state index contributed by atoms with van der Waals surface area (Å²) in [6.45, 7) is 0. The van der Waals surface area contributed by atoms with E-state index in [1.54, 1.807) is 24.4 Å². The van der Waals surface area contributed by atoms with Crippen molar-refractivity contribution in [1.82, 2.24) is 9.38 Å². The molecule has 2 aromatic rings. The smallest absolute Gasteiger partial charge is 0.335 e. The van der Waals surface area contributed by atoms with Gasteiger partial charge in [0.05, 0.1) is 11.9 Å². The number of aromatic nitrogens is 2. The molecule has 2 aromatic heterocycles. The minimum absolute atomic E-state index is 0.241. The van der Waals surface area contributed by atoms with Crippen LogP contribution in [0.1, 0.15) is 11.8 Å². The third kappa shape index (κ3) is 1.64. The van der Waals surface area contributed by atoms with Crippen LogP contribution in [-0.4, -0.2) is 36.8 Å². The molecule has 0 bridgehead atoms. The van der Waals surface area contributed by atoms with Gasteiger partial charge in [0, 0.05) is 6.20 Å². The van der Waals surface area contributed by atoms with Crippen LogP contribution in [0.15, 0.2) is 30.6 Å². The van der Waals surface area contributed by atoms with Gasteiger partial charge in [-0.05, 0) is 12.1 Å². The number of aliphatic hydroxyl groups excluding tert-OH is 2. The van der Waals surface area contributed by atoms with Crippen molar-refractivity contribution in [1.29, 1.82) is 0 Å². The predicted molar refractivity (Wildman–Crippen MR) is 53.8 cm³/mol. The summed E-state index contributed by atoms with van der Waals surface area (Å²) >= 11 is 0. The third-order valence-corrected chi connectivity index (χ3v) is 2.30. The van der Waals surface area contributed by atoms with Crippen LogP contribution in [0, 0.1) is 0 Å². The zero-order valence-electron chi connectivity index (χ0n) is 8.19. The lowest BCUT2D eigenvalue weighted by atomic mass is 10.1.